The van der Waals surface area contributed by atoms with Crippen molar-refractivity contribution in [2.75, 3.05) is 19.8 Å². The summed E-state index contributed by atoms with van der Waals surface area (Å²) in [5.74, 6) is -1.57. The van der Waals surface area contributed by atoms with Crippen LogP contribution in [0.25, 0.3) is 0 Å². The van der Waals surface area contributed by atoms with Crippen LogP contribution in [0, 0.1) is 17.6 Å². The fraction of sp³-hybridized carbons (Fsp3) is 0.538. The first kappa shape index (κ1) is 18.5. The number of sulfonamides is 1. The van der Waals surface area contributed by atoms with Crippen molar-refractivity contribution in [3.8, 4) is 0 Å². The van der Waals surface area contributed by atoms with Gasteiger partial charge in [-0.3, -0.25) is 0 Å². The highest BCUT2D eigenvalue weighted by Gasteiger charge is 2.23. The quantitative estimate of drug-likeness (QED) is 0.699. The van der Waals surface area contributed by atoms with Gasteiger partial charge in [0.05, 0.1) is 0 Å². The largest absolute Gasteiger partial charge is 0.381 e. The zero-order valence-electron chi connectivity index (χ0n) is 11.8. The van der Waals surface area contributed by atoms with Crippen LogP contribution >= 0.6 is 15.9 Å². The van der Waals surface area contributed by atoms with E-state index in [4.69, 9.17) is 4.74 Å². The van der Waals surface area contributed by atoms with Gasteiger partial charge < -0.3 is 4.74 Å². The molecule has 1 aromatic carbocycles. The van der Waals surface area contributed by atoms with Gasteiger partial charge in [0.1, 0.15) is 16.5 Å². The number of nitrogens with one attached hydrogen (secondary N) is 1. The van der Waals surface area contributed by atoms with Gasteiger partial charge in [-0.25, -0.2) is 21.9 Å². The molecule has 0 heterocycles. The van der Waals surface area contributed by atoms with Crippen molar-refractivity contribution in [1.82, 2.24) is 4.72 Å². The Labute approximate surface area is 132 Å². The number of halogens is 3. The van der Waals surface area contributed by atoms with E-state index in [0.717, 1.165) is 6.07 Å². The minimum absolute atomic E-state index is 0.115. The van der Waals surface area contributed by atoms with E-state index in [-0.39, 0.29) is 11.0 Å². The van der Waals surface area contributed by atoms with Crippen LogP contribution < -0.4 is 4.72 Å². The molecule has 0 fully saturated rings. The molecular weight excluding hydrogens is 368 g/mol. The molecule has 0 spiro atoms. The molecular formula is C13H18BrF2NO3S. The summed E-state index contributed by atoms with van der Waals surface area (Å²) in [6, 6.07) is 1.44. The Morgan fingerprint density at radius 2 is 2.00 bits per heavy atom. The van der Waals surface area contributed by atoms with Crippen LogP contribution in [0.3, 0.4) is 0 Å². The van der Waals surface area contributed by atoms with E-state index in [2.05, 4.69) is 20.7 Å². The summed E-state index contributed by atoms with van der Waals surface area (Å²) in [5, 5.41) is 0. The first-order valence-corrected chi connectivity index (χ1v) is 8.73. The van der Waals surface area contributed by atoms with E-state index in [1.165, 1.54) is 0 Å². The van der Waals surface area contributed by atoms with Gasteiger partial charge in [-0.1, -0.05) is 13.8 Å². The smallest absolute Gasteiger partial charge is 0.244 e. The third kappa shape index (κ3) is 5.98. The Morgan fingerprint density at radius 3 is 2.57 bits per heavy atom. The molecule has 8 heteroatoms. The molecule has 0 unspecified atom stereocenters. The molecule has 0 radical (unpaired) electrons. The van der Waals surface area contributed by atoms with Crippen molar-refractivity contribution in [2.45, 2.75) is 25.2 Å². The summed E-state index contributed by atoms with van der Waals surface area (Å²) in [7, 11) is -4.04. The van der Waals surface area contributed by atoms with E-state index in [9.17, 15) is 17.2 Å². The molecule has 0 saturated heterocycles. The van der Waals surface area contributed by atoms with E-state index in [1.807, 2.05) is 13.8 Å². The van der Waals surface area contributed by atoms with Gasteiger partial charge in [0.25, 0.3) is 0 Å². The fourth-order valence-corrected chi connectivity index (χ4v) is 3.79. The maximum atomic E-state index is 13.6. The molecule has 0 saturated carbocycles. The molecule has 0 aliphatic rings. The average Bonchev–Trinajstić information content (AvgIpc) is 2.31. The Hall–Kier alpha value is -0.570. The third-order valence-electron chi connectivity index (χ3n) is 2.44. The van der Waals surface area contributed by atoms with Crippen molar-refractivity contribution in [2.24, 2.45) is 5.92 Å². The summed E-state index contributed by atoms with van der Waals surface area (Å²) in [5.41, 5.74) is 0. The lowest BCUT2D eigenvalue weighted by Crippen LogP contribution is -2.27. The first-order valence-electron chi connectivity index (χ1n) is 6.46. The van der Waals surface area contributed by atoms with Gasteiger partial charge in [0.2, 0.25) is 10.0 Å². The maximum Gasteiger partial charge on any atom is 0.244 e. The van der Waals surface area contributed by atoms with Crippen LogP contribution in [0.15, 0.2) is 21.5 Å². The van der Waals surface area contributed by atoms with Gasteiger partial charge in [-0.2, -0.15) is 0 Å². The Kier molecular flexibility index (Phi) is 7.19. The lowest BCUT2D eigenvalue weighted by molar-refractivity contribution is 0.108. The number of ether oxygens (including phenoxy) is 1. The van der Waals surface area contributed by atoms with Crippen molar-refractivity contribution in [3.05, 3.63) is 28.2 Å². The number of rotatable bonds is 8. The van der Waals surface area contributed by atoms with Gasteiger partial charge in [0.15, 0.2) is 0 Å². The minimum atomic E-state index is -4.04. The van der Waals surface area contributed by atoms with Gasteiger partial charge in [-0.15, -0.1) is 0 Å². The second-order valence-corrected chi connectivity index (χ2v) is 7.48. The molecule has 0 aromatic heterocycles. The molecule has 0 aliphatic heterocycles. The van der Waals surface area contributed by atoms with E-state index in [0.29, 0.717) is 31.6 Å². The van der Waals surface area contributed by atoms with Gasteiger partial charge in [0, 0.05) is 30.3 Å². The summed E-state index contributed by atoms with van der Waals surface area (Å²) in [6.45, 7) is 5.15. The molecule has 1 aromatic rings. The maximum absolute atomic E-state index is 13.6. The summed E-state index contributed by atoms with van der Waals surface area (Å²) in [6.07, 6.45) is 0.465. The zero-order valence-corrected chi connectivity index (χ0v) is 14.2. The van der Waals surface area contributed by atoms with Crippen molar-refractivity contribution in [3.63, 3.8) is 0 Å². The summed E-state index contributed by atoms with van der Waals surface area (Å²) in [4.78, 5) is -0.591. The highest BCUT2D eigenvalue weighted by Crippen LogP contribution is 2.25. The summed E-state index contributed by atoms with van der Waals surface area (Å²) < 4.78 is 58.0. The Bertz CT molecular complexity index is 556. The number of hydrogen-bond donors (Lipinski definition) is 1. The normalized spacial score (nSPS) is 12.1. The van der Waals surface area contributed by atoms with E-state index >= 15 is 0 Å². The molecule has 0 atom stereocenters. The summed E-state index contributed by atoms with van der Waals surface area (Å²) >= 11 is 2.86. The SMILES string of the molecule is CC(C)COCCCNS(=O)(=O)c1c(F)cc(F)cc1Br. The fourth-order valence-electron chi connectivity index (χ4n) is 1.56. The topological polar surface area (TPSA) is 55.4 Å². The molecule has 120 valence electrons. The second kappa shape index (κ2) is 8.17. The predicted molar refractivity (Wildman–Crippen MR) is 79.5 cm³/mol. The highest BCUT2D eigenvalue weighted by atomic mass is 79.9. The number of hydrogen-bond acceptors (Lipinski definition) is 3. The van der Waals surface area contributed by atoms with Gasteiger partial charge in [-0.05, 0) is 34.3 Å². The lowest BCUT2D eigenvalue weighted by Gasteiger charge is -2.10. The van der Waals surface area contributed by atoms with Crippen LogP contribution in [0.1, 0.15) is 20.3 Å². The zero-order chi connectivity index (χ0) is 16.0. The monoisotopic (exact) mass is 385 g/mol. The van der Waals surface area contributed by atoms with Gasteiger partial charge >= 0.3 is 0 Å². The van der Waals surface area contributed by atoms with Crippen LogP contribution in [0.2, 0.25) is 0 Å². The molecule has 0 aliphatic carbocycles. The van der Waals surface area contributed by atoms with E-state index < -0.39 is 26.6 Å². The lowest BCUT2D eigenvalue weighted by atomic mass is 10.2. The van der Waals surface area contributed by atoms with Crippen molar-refractivity contribution >= 4 is 26.0 Å². The Morgan fingerprint density at radius 1 is 1.33 bits per heavy atom. The van der Waals surface area contributed by atoms with Crippen molar-refractivity contribution < 1.29 is 21.9 Å². The van der Waals surface area contributed by atoms with Crippen LogP contribution in [0.4, 0.5) is 8.78 Å². The molecule has 4 nitrogen and oxygen atoms in total. The predicted octanol–water partition coefficient (Wildman–Crippen LogP) is 3.07. The third-order valence-corrected chi connectivity index (χ3v) is 4.86. The molecule has 0 amide bonds. The molecule has 1 N–H and O–H groups in total. The molecule has 0 bridgehead atoms. The van der Waals surface area contributed by atoms with E-state index in [1.54, 1.807) is 0 Å². The Balaban J connectivity index is 2.59. The van der Waals surface area contributed by atoms with Crippen LogP contribution in [-0.2, 0) is 14.8 Å². The molecule has 21 heavy (non-hydrogen) atoms. The average molecular weight is 386 g/mol. The molecule has 1 rings (SSSR count). The number of benzene rings is 1. The van der Waals surface area contributed by atoms with Crippen molar-refractivity contribution in [1.29, 1.82) is 0 Å². The van der Waals surface area contributed by atoms with Crippen LogP contribution in [-0.4, -0.2) is 28.2 Å². The minimum Gasteiger partial charge on any atom is -0.381 e. The first-order chi connectivity index (χ1) is 9.74. The highest BCUT2D eigenvalue weighted by molar-refractivity contribution is 9.10. The second-order valence-electron chi connectivity index (χ2n) is 4.92. The standard InChI is InChI=1S/C13H18BrF2NO3S/c1-9(2)8-20-5-3-4-17-21(18,19)13-11(14)6-10(15)7-12(13)16/h6-7,9,17H,3-5,8H2,1-2H3. The van der Waals surface area contributed by atoms with Crippen LogP contribution in [0.5, 0.6) is 0 Å².